The first kappa shape index (κ1) is 16.3. The number of rotatable bonds is 2. The van der Waals surface area contributed by atoms with Gasteiger partial charge in [0.2, 0.25) is 0 Å². The number of hydrogen-bond donors (Lipinski definition) is 0. The SMILES string of the molecule is CC1CCN(C(C)C)CC1N(C)C(=O)OC(C)(C)C. The lowest BCUT2D eigenvalue weighted by Gasteiger charge is -2.43. The average Bonchev–Trinajstić information content (AvgIpc) is 2.26. The number of carbonyl (C=O) groups excluding carboxylic acids is 1. The monoisotopic (exact) mass is 270 g/mol. The minimum atomic E-state index is -0.430. The van der Waals surface area contributed by atoms with Crippen molar-refractivity contribution in [1.82, 2.24) is 9.80 Å². The molecule has 1 aliphatic rings. The molecule has 4 heteroatoms. The molecule has 0 N–H and O–H groups in total. The maximum atomic E-state index is 12.2. The van der Waals surface area contributed by atoms with E-state index < -0.39 is 5.60 Å². The third-order valence-electron chi connectivity index (χ3n) is 3.86. The molecule has 4 nitrogen and oxygen atoms in total. The van der Waals surface area contributed by atoms with Crippen LogP contribution in [0, 0.1) is 5.92 Å². The first-order chi connectivity index (χ1) is 8.61. The molecule has 0 aromatic carbocycles. The average molecular weight is 270 g/mol. The Bertz CT molecular complexity index is 310. The van der Waals surface area contributed by atoms with Gasteiger partial charge in [-0.2, -0.15) is 0 Å². The molecule has 1 heterocycles. The van der Waals surface area contributed by atoms with E-state index in [2.05, 4.69) is 25.7 Å². The highest BCUT2D eigenvalue weighted by atomic mass is 16.6. The molecule has 2 atom stereocenters. The van der Waals surface area contributed by atoms with Crippen LogP contribution in [0.15, 0.2) is 0 Å². The van der Waals surface area contributed by atoms with Gasteiger partial charge < -0.3 is 9.64 Å². The van der Waals surface area contributed by atoms with Gasteiger partial charge in [-0.3, -0.25) is 4.90 Å². The highest BCUT2D eigenvalue weighted by Crippen LogP contribution is 2.24. The topological polar surface area (TPSA) is 32.8 Å². The Kier molecular flexibility index (Phi) is 5.25. The Labute approximate surface area is 118 Å². The molecule has 112 valence electrons. The number of piperidine rings is 1. The number of likely N-dealkylation sites (N-methyl/N-ethyl adjacent to an activating group) is 1. The number of carbonyl (C=O) groups is 1. The van der Waals surface area contributed by atoms with E-state index in [1.807, 2.05) is 27.8 Å². The van der Waals surface area contributed by atoms with Crippen LogP contribution in [0.2, 0.25) is 0 Å². The van der Waals surface area contributed by atoms with E-state index in [4.69, 9.17) is 4.74 Å². The molecule has 0 spiro atoms. The fourth-order valence-corrected chi connectivity index (χ4v) is 2.52. The largest absolute Gasteiger partial charge is 0.444 e. The number of hydrogen-bond acceptors (Lipinski definition) is 3. The third kappa shape index (κ3) is 4.68. The molecule has 1 aliphatic heterocycles. The van der Waals surface area contributed by atoms with Crippen molar-refractivity contribution in [2.75, 3.05) is 20.1 Å². The molecule has 1 amide bonds. The van der Waals surface area contributed by atoms with Gasteiger partial charge >= 0.3 is 6.09 Å². The predicted molar refractivity (Wildman–Crippen MR) is 78.3 cm³/mol. The van der Waals surface area contributed by atoms with Gasteiger partial charge in [0.1, 0.15) is 5.60 Å². The van der Waals surface area contributed by atoms with Crippen LogP contribution in [0.1, 0.15) is 48.0 Å². The molecule has 0 aromatic heterocycles. The summed E-state index contributed by atoms with van der Waals surface area (Å²) in [6.45, 7) is 14.4. The summed E-state index contributed by atoms with van der Waals surface area (Å²) in [5, 5.41) is 0. The number of likely N-dealkylation sites (tertiary alicyclic amines) is 1. The van der Waals surface area contributed by atoms with E-state index in [-0.39, 0.29) is 12.1 Å². The number of amides is 1. The lowest BCUT2D eigenvalue weighted by molar-refractivity contribution is 0.00108. The standard InChI is InChI=1S/C15H30N2O2/c1-11(2)17-9-8-12(3)13(10-17)16(7)14(18)19-15(4,5)6/h11-13H,8-10H2,1-7H3. The van der Waals surface area contributed by atoms with Crippen molar-refractivity contribution in [2.24, 2.45) is 5.92 Å². The molecule has 0 aliphatic carbocycles. The van der Waals surface area contributed by atoms with Crippen molar-refractivity contribution >= 4 is 6.09 Å². The van der Waals surface area contributed by atoms with Crippen LogP contribution in [-0.4, -0.2) is 53.7 Å². The lowest BCUT2D eigenvalue weighted by Crippen LogP contribution is -2.54. The van der Waals surface area contributed by atoms with Crippen LogP contribution < -0.4 is 0 Å². The molecule has 0 aromatic rings. The van der Waals surface area contributed by atoms with Crippen LogP contribution in [0.3, 0.4) is 0 Å². The molecule has 0 bridgehead atoms. The summed E-state index contributed by atoms with van der Waals surface area (Å²) in [5.41, 5.74) is -0.430. The fourth-order valence-electron chi connectivity index (χ4n) is 2.52. The van der Waals surface area contributed by atoms with Crippen LogP contribution in [0.25, 0.3) is 0 Å². The van der Waals surface area contributed by atoms with Crippen LogP contribution in [0.5, 0.6) is 0 Å². The summed E-state index contributed by atoms with van der Waals surface area (Å²) >= 11 is 0. The summed E-state index contributed by atoms with van der Waals surface area (Å²) in [6.07, 6.45) is 0.922. The van der Waals surface area contributed by atoms with Gasteiger partial charge in [0.25, 0.3) is 0 Å². The first-order valence-corrected chi connectivity index (χ1v) is 7.31. The molecule has 1 fully saturated rings. The fraction of sp³-hybridized carbons (Fsp3) is 0.933. The number of ether oxygens (including phenoxy) is 1. The van der Waals surface area contributed by atoms with Gasteiger partial charge in [-0.1, -0.05) is 6.92 Å². The van der Waals surface area contributed by atoms with E-state index in [0.29, 0.717) is 12.0 Å². The number of nitrogens with zero attached hydrogens (tertiary/aromatic N) is 2. The second-order valence-corrected chi connectivity index (χ2v) is 7.01. The minimum absolute atomic E-state index is 0.213. The second kappa shape index (κ2) is 6.12. The summed E-state index contributed by atoms with van der Waals surface area (Å²) in [6, 6.07) is 0.771. The second-order valence-electron chi connectivity index (χ2n) is 7.01. The van der Waals surface area contributed by atoms with Gasteiger partial charge in [0, 0.05) is 19.6 Å². The summed E-state index contributed by atoms with van der Waals surface area (Å²) in [5.74, 6) is 0.521. The predicted octanol–water partition coefficient (Wildman–Crippen LogP) is 2.97. The van der Waals surface area contributed by atoms with Gasteiger partial charge in [-0.15, -0.1) is 0 Å². The third-order valence-corrected chi connectivity index (χ3v) is 3.86. The maximum Gasteiger partial charge on any atom is 0.410 e. The molecule has 2 unspecified atom stereocenters. The normalized spacial score (nSPS) is 25.5. The van der Waals surface area contributed by atoms with Crippen LogP contribution in [0.4, 0.5) is 4.79 Å². The smallest absolute Gasteiger partial charge is 0.410 e. The van der Waals surface area contributed by atoms with Crippen molar-refractivity contribution in [3.05, 3.63) is 0 Å². The van der Waals surface area contributed by atoms with E-state index in [9.17, 15) is 4.79 Å². The Morgan fingerprint density at radius 1 is 1.37 bits per heavy atom. The van der Waals surface area contributed by atoms with Crippen LogP contribution in [-0.2, 0) is 4.74 Å². The Morgan fingerprint density at radius 3 is 2.42 bits per heavy atom. The van der Waals surface area contributed by atoms with Crippen molar-refractivity contribution in [1.29, 1.82) is 0 Å². The minimum Gasteiger partial charge on any atom is -0.444 e. The van der Waals surface area contributed by atoms with E-state index in [0.717, 1.165) is 19.5 Å². The molecule has 1 rings (SSSR count). The molecule has 1 saturated heterocycles. The maximum absolute atomic E-state index is 12.2. The van der Waals surface area contributed by atoms with E-state index in [1.54, 1.807) is 4.90 Å². The quantitative estimate of drug-likeness (QED) is 0.773. The first-order valence-electron chi connectivity index (χ1n) is 7.31. The van der Waals surface area contributed by atoms with Gasteiger partial charge in [-0.05, 0) is 53.5 Å². The summed E-state index contributed by atoms with van der Waals surface area (Å²) in [7, 11) is 1.86. The molecule has 0 radical (unpaired) electrons. The van der Waals surface area contributed by atoms with Crippen molar-refractivity contribution < 1.29 is 9.53 Å². The lowest BCUT2D eigenvalue weighted by atomic mass is 9.92. The highest BCUT2D eigenvalue weighted by Gasteiger charge is 2.34. The molecule has 0 saturated carbocycles. The molecule has 19 heavy (non-hydrogen) atoms. The van der Waals surface area contributed by atoms with Crippen molar-refractivity contribution in [2.45, 2.75) is 65.6 Å². The van der Waals surface area contributed by atoms with Crippen molar-refractivity contribution in [3.63, 3.8) is 0 Å². The van der Waals surface area contributed by atoms with E-state index in [1.165, 1.54) is 0 Å². The van der Waals surface area contributed by atoms with Crippen LogP contribution >= 0.6 is 0 Å². The van der Waals surface area contributed by atoms with E-state index >= 15 is 0 Å². The summed E-state index contributed by atoms with van der Waals surface area (Å²) in [4.78, 5) is 16.4. The molecular formula is C15H30N2O2. The zero-order chi connectivity index (χ0) is 14.8. The Hall–Kier alpha value is -0.770. The zero-order valence-electron chi connectivity index (χ0n) is 13.6. The molecular weight excluding hydrogens is 240 g/mol. The highest BCUT2D eigenvalue weighted by molar-refractivity contribution is 5.68. The Balaban J connectivity index is 2.68. The summed E-state index contributed by atoms with van der Waals surface area (Å²) < 4.78 is 5.47. The Morgan fingerprint density at radius 2 is 1.95 bits per heavy atom. The van der Waals surface area contributed by atoms with Crippen molar-refractivity contribution in [3.8, 4) is 0 Å². The zero-order valence-corrected chi connectivity index (χ0v) is 13.6. The van der Waals surface area contributed by atoms with Gasteiger partial charge in [-0.25, -0.2) is 4.79 Å². The van der Waals surface area contributed by atoms with Gasteiger partial charge in [0.15, 0.2) is 0 Å². The van der Waals surface area contributed by atoms with Gasteiger partial charge in [0.05, 0.1) is 6.04 Å².